The van der Waals surface area contributed by atoms with Gasteiger partial charge < -0.3 is 5.32 Å². The molecule has 0 saturated carbocycles. The molecule has 27 heavy (non-hydrogen) atoms. The molecule has 0 fully saturated rings. The second-order valence-corrected chi connectivity index (χ2v) is 6.54. The highest BCUT2D eigenvalue weighted by molar-refractivity contribution is 6.33. The molecular formula is C21H14ClN5. The maximum absolute atomic E-state index is 6.37. The molecule has 130 valence electrons. The lowest BCUT2D eigenvalue weighted by atomic mass is 10.1. The number of halogens is 1. The summed E-state index contributed by atoms with van der Waals surface area (Å²) in [4.78, 5) is 9.45. The van der Waals surface area contributed by atoms with E-state index >= 15 is 0 Å². The number of hydrogen-bond donors (Lipinski definition) is 2. The normalized spacial score (nSPS) is 11.1. The van der Waals surface area contributed by atoms with E-state index in [1.165, 1.54) is 0 Å². The Labute approximate surface area is 160 Å². The van der Waals surface area contributed by atoms with Gasteiger partial charge in [0.05, 0.1) is 16.1 Å². The fraction of sp³-hybridized carbons (Fsp3) is 0. The number of rotatable bonds is 3. The molecule has 0 unspecified atom stereocenters. The largest absolute Gasteiger partial charge is 0.322 e. The Morgan fingerprint density at radius 1 is 0.741 bits per heavy atom. The number of nitrogens with one attached hydrogen (secondary N) is 2. The van der Waals surface area contributed by atoms with Gasteiger partial charge in [0, 0.05) is 16.3 Å². The molecule has 0 bridgehead atoms. The molecule has 0 saturated heterocycles. The molecule has 0 aliphatic carbocycles. The third-order valence-electron chi connectivity index (χ3n) is 4.43. The van der Waals surface area contributed by atoms with Crippen LogP contribution in [-0.4, -0.2) is 20.2 Å². The van der Waals surface area contributed by atoms with Crippen LogP contribution < -0.4 is 5.32 Å². The highest BCUT2D eigenvalue weighted by atomic mass is 35.5. The molecule has 0 aliphatic heterocycles. The van der Waals surface area contributed by atoms with Crippen molar-refractivity contribution in [3.63, 3.8) is 0 Å². The quantitative estimate of drug-likeness (QED) is 0.435. The van der Waals surface area contributed by atoms with Gasteiger partial charge in [0.1, 0.15) is 5.82 Å². The van der Waals surface area contributed by atoms with Crippen LogP contribution >= 0.6 is 11.6 Å². The van der Waals surface area contributed by atoms with Crippen molar-refractivity contribution in [2.75, 3.05) is 5.32 Å². The van der Waals surface area contributed by atoms with E-state index in [-0.39, 0.29) is 0 Å². The topological polar surface area (TPSA) is 66.5 Å². The van der Waals surface area contributed by atoms with Crippen LogP contribution in [-0.2, 0) is 0 Å². The first kappa shape index (κ1) is 15.8. The van der Waals surface area contributed by atoms with Crippen molar-refractivity contribution in [2.24, 2.45) is 0 Å². The molecule has 0 aliphatic rings. The summed E-state index contributed by atoms with van der Waals surface area (Å²) in [5.41, 5.74) is 2.59. The molecule has 2 aromatic heterocycles. The zero-order valence-electron chi connectivity index (χ0n) is 14.1. The summed E-state index contributed by atoms with van der Waals surface area (Å²) < 4.78 is 0. The lowest BCUT2D eigenvalue weighted by molar-refractivity contribution is 1.11. The molecule has 5 nitrogen and oxygen atoms in total. The second-order valence-electron chi connectivity index (χ2n) is 6.14. The van der Waals surface area contributed by atoms with E-state index in [4.69, 9.17) is 21.6 Å². The zero-order chi connectivity index (χ0) is 18.2. The Bertz CT molecular complexity index is 1280. The number of aromatic amines is 1. The Morgan fingerprint density at radius 2 is 1.48 bits per heavy atom. The van der Waals surface area contributed by atoms with Crippen molar-refractivity contribution in [1.29, 1.82) is 0 Å². The van der Waals surface area contributed by atoms with E-state index in [9.17, 15) is 0 Å². The summed E-state index contributed by atoms with van der Waals surface area (Å²) in [5, 5.41) is 13.3. The van der Waals surface area contributed by atoms with Gasteiger partial charge in [-0.15, -0.1) is 0 Å². The van der Waals surface area contributed by atoms with Crippen molar-refractivity contribution >= 4 is 45.0 Å². The van der Waals surface area contributed by atoms with Gasteiger partial charge in [0.25, 0.3) is 0 Å². The molecule has 0 amide bonds. The van der Waals surface area contributed by atoms with Crippen molar-refractivity contribution in [3.05, 3.63) is 77.8 Å². The molecule has 5 rings (SSSR count). The van der Waals surface area contributed by atoms with Crippen molar-refractivity contribution < 1.29 is 0 Å². The summed E-state index contributed by atoms with van der Waals surface area (Å²) in [6, 6.07) is 23.4. The maximum atomic E-state index is 6.37. The summed E-state index contributed by atoms with van der Waals surface area (Å²) in [7, 11) is 0. The van der Waals surface area contributed by atoms with E-state index in [1.807, 2.05) is 72.8 Å². The third kappa shape index (κ3) is 2.78. The van der Waals surface area contributed by atoms with Crippen molar-refractivity contribution in [1.82, 2.24) is 20.2 Å². The monoisotopic (exact) mass is 371 g/mol. The Morgan fingerprint density at radius 3 is 2.37 bits per heavy atom. The predicted octanol–water partition coefficient (Wildman–Crippen LogP) is 5.57. The summed E-state index contributed by atoms with van der Waals surface area (Å²) in [5.74, 6) is 1.98. The summed E-state index contributed by atoms with van der Waals surface area (Å²) in [6.07, 6.45) is 0. The number of H-pyrrole nitrogens is 1. The van der Waals surface area contributed by atoms with Crippen LogP contribution in [0.3, 0.4) is 0 Å². The highest BCUT2D eigenvalue weighted by Gasteiger charge is 2.13. The second kappa shape index (κ2) is 6.37. The predicted molar refractivity (Wildman–Crippen MR) is 109 cm³/mol. The molecule has 6 heteroatoms. The molecule has 2 N–H and O–H groups in total. The van der Waals surface area contributed by atoms with E-state index in [0.717, 1.165) is 33.2 Å². The minimum absolute atomic E-state index is 0.571. The van der Waals surface area contributed by atoms with Gasteiger partial charge >= 0.3 is 0 Å². The highest BCUT2D eigenvalue weighted by Crippen LogP contribution is 2.31. The average molecular weight is 372 g/mol. The standard InChI is InChI=1S/C21H14ClN5/c22-16-10-4-1-7-13(16)19-23-17-11-5-2-8-14(17)20(24-19)25-21-15-9-3-6-12-18(15)26-27-21/h1-12H,(H2,23,24,25,26,27). The van der Waals surface area contributed by atoms with E-state index in [1.54, 1.807) is 0 Å². The Hall–Kier alpha value is -3.44. The zero-order valence-corrected chi connectivity index (χ0v) is 14.9. The van der Waals surface area contributed by atoms with Crippen LogP contribution in [0.1, 0.15) is 0 Å². The molecule has 3 aromatic carbocycles. The number of aromatic nitrogens is 4. The fourth-order valence-electron chi connectivity index (χ4n) is 3.11. The minimum atomic E-state index is 0.571. The number of nitrogens with zero attached hydrogens (tertiary/aromatic N) is 3. The van der Waals surface area contributed by atoms with Gasteiger partial charge in [0.2, 0.25) is 0 Å². The molecule has 5 aromatic rings. The van der Waals surface area contributed by atoms with Crippen LogP contribution in [0.25, 0.3) is 33.2 Å². The van der Waals surface area contributed by atoms with Crippen LogP contribution in [0, 0.1) is 0 Å². The number of para-hydroxylation sites is 2. The minimum Gasteiger partial charge on any atom is -0.322 e. The maximum Gasteiger partial charge on any atom is 0.163 e. The van der Waals surface area contributed by atoms with Gasteiger partial charge in [-0.2, -0.15) is 5.10 Å². The lowest BCUT2D eigenvalue weighted by Crippen LogP contribution is -2.00. The van der Waals surface area contributed by atoms with E-state index < -0.39 is 0 Å². The van der Waals surface area contributed by atoms with E-state index in [2.05, 4.69) is 15.5 Å². The van der Waals surface area contributed by atoms with Crippen LogP contribution in [0.4, 0.5) is 11.6 Å². The Kier molecular flexibility index (Phi) is 3.73. The van der Waals surface area contributed by atoms with Gasteiger partial charge in [0.15, 0.2) is 11.6 Å². The summed E-state index contributed by atoms with van der Waals surface area (Å²) >= 11 is 6.37. The van der Waals surface area contributed by atoms with E-state index in [0.29, 0.717) is 16.7 Å². The first-order chi connectivity index (χ1) is 13.3. The molecular weight excluding hydrogens is 358 g/mol. The first-order valence-electron chi connectivity index (χ1n) is 8.51. The SMILES string of the molecule is Clc1ccccc1-c1nc(Nc2n[nH]c3ccccc23)c2ccccc2n1. The fourth-order valence-corrected chi connectivity index (χ4v) is 3.33. The lowest BCUT2D eigenvalue weighted by Gasteiger charge is -2.10. The average Bonchev–Trinajstić information content (AvgIpc) is 3.11. The smallest absolute Gasteiger partial charge is 0.163 e. The molecule has 0 spiro atoms. The third-order valence-corrected chi connectivity index (χ3v) is 4.75. The molecule has 2 heterocycles. The van der Waals surface area contributed by atoms with Crippen LogP contribution in [0.15, 0.2) is 72.8 Å². The van der Waals surface area contributed by atoms with Gasteiger partial charge in [-0.3, -0.25) is 5.10 Å². The van der Waals surface area contributed by atoms with Crippen LogP contribution in [0.2, 0.25) is 5.02 Å². The van der Waals surface area contributed by atoms with Gasteiger partial charge in [-0.1, -0.05) is 48.0 Å². The first-order valence-corrected chi connectivity index (χ1v) is 8.89. The number of hydrogen-bond acceptors (Lipinski definition) is 4. The van der Waals surface area contributed by atoms with Crippen LogP contribution in [0.5, 0.6) is 0 Å². The number of benzene rings is 3. The molecule has 0 atom stereocenters. The van der Waals surface area contributed by atoms with Crippen molar-refractivity contribution in [3.8, 4) is 11.4 Å². The summed E-state index contributed by atoms with van der Waals surface area (Å²) in [6.45, 7) is 0. The van der Waals surface area contributed by atoms with Gasteiger partial charge in [-0.25, -0.2) is 9.97 Å². The number of fused-ring (bicyclic) bond motifs is 2. The molecule has 0 radical (unpaired) electrons. The number of anilines is 2. The van der Waals surface area contributed by atoms with Crippen molar-refractivity contribution in [2.45, 2.75) is 0 Å². The van der Waals surface area contributed by atoms with Gasteiger partial charge in [-0.05, 0) is 36.4 Å². The Balaban J connectivity index is 1.70.